The lowest BCUT2D eigenvalue weighted by Gasteiger charge is -2.58. The van der Waals surface area contributed by atoms with Gasteiger partial charge in [-0.2, -0.15) is 0 Å². The van der Waals surface area contributed by atoms with Gasteiger partial charge in [0, 0.05) is 30.1 Å². The molecule has 2 aromatic rings. The van der Waals surface area contributed by atoms with Gasteiger partial charge in [-0.3, -0.25) is 4.79 Å². The van der Waals surface area contributed by atoms with E-state index in [1.807, 2.05) is 24.3 Å². The summed E-state index contributed by atoms with van der Waals surface area (Å²) in [5.74, 6) is 5.53. The quantitative estimate of drug-likeness (QED) is 0.725. The Morgan fingerprint density at radius 1 is 1.25 bits per heavy atom. The lowest BCUT2D eigenvalue weighted by molar-refractivity contribution is -0.159. The number of unbranched alkanes of at least 4 members (excludes halogenated alkanes) is 1. The van der Waals surface area contributed by atoms with Gasteiger partial charge in [0.1, 0.15) is 12.4 Å². The van der Waals surface area contributed by atoms with Gasteiger partial charge in [-0.25, -0.2) is 9.18 Å². The zero-order chi connectivity index (χ0) is 22.7. The predicted molar refractivity (Wildman–Crippen MR) is 119 cm³/mol. The fourth-order valence-electron chi connectivity index (χ4n) is 4.50. The van der Waals surface area contributed by atoms with Gasteiger partial charge in [0.05, 0.1) is 18.7 Å². The number of amides is 3. The van der Waals surface area contributed by atoms with Crippen LogP contribution in [0.2, 0.25) is 0 Å². The van der Waals surface area contributed by atoms with Crippen LogP contribution < -0.4 is 5.32 Å². The Balaban J connectivity index is 1.49. The van der Waals surface area contributed by atoms with Crippen LogP contribution in [-0.2, 0) is 4.79 Å². The number of hydrogen-bond acceptors (Lipinski definition) is 3. The third-order valence-electron chi connectivity index (χ3n) is 6.02. The summed E-state index contributed by atoms with van der Waals surface area (Å²) in [7, 11) is 0. The molecule has 7 heteroatoms. The number of aliphatic hydroxyl groups excluding tert-OH is 1. The topological polar surface area (TPSA) is 72.9 Å². The number of urea groups is 1. The molecular formula is C25H26FN3O3. The summed E-state index contributed by atoms with van der Waals surface area (Å²) < 4.78 is 13.4. The Morgan fingerprint density at radius 2 is 2.03 bits per heavy atom. The fraction of sp³-hybridized carbons (Fsp3) is 0.360. The Morgan fingerprint density at radius 3 is 2.72 bits per heavy atom. The predicted octanol–water partition coefficient (Wildman–Crippen LogP) is 3.18. The highest BCUT2D eigenvalue weighted by Gasteiger charge is 2.54. The Kier molecular flexibility index (Phi) is 6.42. The number of carbonyl (C=O) groups excluding carboxylic acids is 2. The molecule has 0 bridgehead atoms. The second kappa shape index (κ2) is 9.41. The molecule has 0 aliphatic carbocycles. The second-order valence-corrected chi connectivity index (χ2v) is 8.14. The first-order valence-corrected chi connectivity index (χ1v) is 10.8. The molecule has 6 nitrogen and oxygen atoms in total. The summed E-state index contributed by atoms with van der Waals surface area (Å²) in [5.41, 5.74) is 2.27. The SMILES string of the molecule is CCCC#Cc1ccc([C@@H]2[C@@H](CO)N3C(=O)CN(C(=O)Nc4cccc(F)c4)C[C@@H]23)cc1. The van der Waals surface area contributed by atoms with Crippen molar-refractivity contribution in [2.24, 2.45) is 0 Å². The highest BCUT2D eigenvalue weighted by Crippen LogP contribution is 2.43. The van der Waals surface area contributed by atoms with Crippen LogP contribution in [0.15, 0.2) is 48.5 Å². The zero-order valence-corrected chi connectivity index (χ0v) is 17.9. The van der Waals surface area contributed by atoms with E-state index in [0.29, 0.717) is 12.2 Å². The average molecular weight is 435 g/mol. The van der Waals surface area contributed by atoms with Crippen molar-refractivity contribution in [3.63, 3.8) is 0 Å². The van der Waals surface area contributed by atoms with Gasteiger partial charge in [-0.1, -0.05) is 37.0 Å². The standard InChI is InChI=1S/C25H26FN3O3/c1-2-3-4-6-17-9-11-18(12-10-17)24-21-14-28(15-23(31)29(21)22(24)16-30)25(32)27-20-8-5-7-19(26)13-20/h5,7-13,21-22,24,30H,2-3,14-16H2,1H3,(H,27,32)/t21-,22+,24-/m0/s1. The van der Waals surface area contributed by atoms with Crippen LogP contribution in [0.4, 0.5) is 14.9 Å². The van der Waals surface area contributed by atoms with Crippen molar-refractivity contribution in [2.75, 3.05) is 25.0 Å². The van der Waals surface area contributed by atoms with Crippen molar-refractivity contribution in [1.82, 2.24) is 9.80 Å². The number of piperazine rings is 1. The van der Waals surface area contributed by atoms with Crippen molar-refractivity contribution < 1.29 is 19.1 Å². The van der Waals surface area contributed by atoms with Gasteiger partial charge in [0.2, 0.25) is 5.91 Å². The summed E-state index contributed by atoms with van der Waals surface area (Å²) in [6, 6.07) is 12.5. The van der Waals surface area contributed by atoms with Crippen LogP contribution in [0.1, 0.15) is 36.8 Å². The van der Waals surface area contributed by atoms with Crippen molar-refractivity contribution in [2.45, 2.75) is 37.8 Å². The number of aliphatic hydroxyl groups is 1. The maximum Gasteiger partial charge on any atom is 0.322 e. The van der Waals surface area contributed by atoms with Crippen molar-refractivity contribution >= 4 is 17.6 Å². The van der Waals surface area contributed by atoms with E-state index in [4.69, 9.17) is 0 Å². The first-order chi connectivity index (χ1) is 15.5. The molecule has 2 aliphatic heterocycles. The highest BCUT2D eigenvalue weighted by molar-refractivity contribution is 5.93. The van der Waals surface area contributed by atoms with Gasteiger partial charge in [-0.05, 0) is 42.3 Å². The van der Waals surface area contributed by atoms with Gasteiger partial charge >= 0.3 is 6.03 Å². The molecule has 3 amide bonds. The molecule has 4 rings (SSSR count). The van der Waals surface area contributed by atoms with Gasteiger partial charge < -0.3 is 20.2 Å². The Hall–Kier alpha value is -3.37. The number of carbonyl (C=O) groups is 2. The van der Waals surface area contributed by atoms with Gasteiger partial charge in [0.25, 0.3) is 0 Å². The number of anilines is 1. The Labute approximate surface area is 187 Å². The van der Waals surface area contributed by atoms with Crippen molar-refractivity contribution in [3.8, 4) is 11.8 Å². The molecule has 3 atom stereocenters. The maximum absolute atomic E-state index is 13.4. The van der Waals surface area contributed by atoms with E-state index in [-0.39, 0.29) is 37.1 Å². The van der Waals surface area contributed by atoms with Crippen LogP contribution in [-0.4, -0.2) is 58.6 Å². The van der Waals surface area contributed by atoms with E-state index in [0.717, 1.165) is 24.0 Å². The molecular weight excluding hydrogens is 409 g/mol. The minimum Gasteiger partial charge on any atom is -0.394 e. The minimum absolute atomic E-state index is 0.0766. The first kappa shape index (κ1) is 21.8. The normalized spacial score (nSPS) is 21.8. The minimum atomic E-state index is -0.448. The number of nitrogens with zero attached hydrogens (tertiary/aromatic N) is 2. The van der Waals surface area contributed by atoms with Crippen LogP contribution in [0.25, 0.3) is 0 Å². The van der Waals surface area contributed by atoms with Crippen LogP contribution in [0.5, 0.6) is 0 Å². The molecule has 0 unspecified atom stereocenters. The summed E-state index contributed by atoms with van der Waals surface area (Å²) >= 11 is 0. The summed E-state index contributed by atoms with van der Waals surface area (Å²) in [5, 5.41) is 12.6. The van der Waals surface area contributed by atoms with Crippen LogP contribution in [0, 0.1) is 17.7 Å². The number of fused-ring (bicyclic) bond motifs is 1. The Bertz CT molecular complexity index is 1060. The van der Waals surface area contributed by atoms with E-state index in [9.17, 15) is 19.1 Å². The van der Waals surface area contributed by atoms with E-state index < -0.39 is 11.8 Å². The number of nitrogens with one attached hydrogen (secondary N) is 1. The molecule has 2 saturated heterocycles. The monoisotopic (exact) mass is 435 g/mol. The van der Waals surface area contributed by atoms with Gasteiger partial charge in [-0.15, -0.1) is 0 Å². The van der Waals surface area contributed by atoms with Crippen molar-refractivity contribution in [3.05, 3.63) is 65.5 Å². The van der Waals surface area contributed by atoms with E-state index in [1.54, 1.807) is 11.0 Å². The zero-order valence-electron chi connectivity index (χ0n) is 17.9. The number of halogens is 1. The fourth-order valence-corrected chi connectivity index (χ4v) is 4.50. The molecule has 0 aromatic heterocycles. The van der Waals surface area contributed by atoms with Crippen LogP contribution >= 0.6 is 0 Å². The third-order valence-corrected chi connectivity index (χ3v) is 6.02. The second-order valence-electron chi connectivity index (χ2n) is 8.14. The first-order valence-electron chi connectivity index (χ1n) is 10.8. The van der Waals surface area contributed by atoms with E-state index in [2.05, 4.69) is 24.1 Å². The summed E-state index contributed by atoms with van der Waals surface area (Å²) in [4.78, 5) is 28.6. The number of rotatable bonds is 4. The molecule has 166 valence electrons. The molecule has 0 saturated carbocycles. The van der Waals surface area contributed by atoms with E-state index >= 15 is 0 Å². The smallest absolute Gasteiger partial charge is 0.322 e. The summed E-state index contributed by atoms with van der Waals surface area (Å²) in [6.07, 6.45) is 1.86. The number of hydrogen-bond donors (Lipinski definition) is 2. The molecule has 2 N–H and O–H groups in total. The highest BCUT2D eigenvalue weighted by atomic mass is 19.1. The lowest BCUT2D eigenvalue weighted by Crippen LogP contribution is -2.73. The molecule has 2 fully saturated rings. The summed E-state index contributed by atoms with van der Waals surface area (Å²) in [6.45, 7) is 2.21. The molecule has 32 heavy (non-hydrogen) atoms. The third kappa shape index (κ3) is 4.32. The van der Waals surface area contributed by atoms with Crippen LogP contribution in [0.3, 0.4) is 0 Å². The maximum atomic E-state index is 13.4. The molecule has 0 radical (unpaired) electrons. The van der Waals surface area contributed by atoms with Gasteiger partial charge in [0.15, 0.2) is 0 Å². The molecule has 0 spiro atoms. The van der Waals surface area contributed by atoms with E-state index in [1.165, 1.54) is 23.1 Å². The number of benzene rings is 2. The largest absolute Gasteiger partial charge is 0.394 e. The molecule has 2 heterocycles. The lowest BCUT2D eigenvalue weighted by atomic mass is 9.73. The molecule has 2 aromatic carbocycles. The average Bonchev–Trinajstić information content (AvgIpc) is 2.76. The van der Waals surface area contributed by atoms with Crippen molar-refractivity contribution in [1.29, 1.82) is 0 Å². The molecule has 2 aliphatic rings.